The highest BCUT2D eigenvalue weighted by atomic mass is 13.9. The second-order valence-electron chi connectivity index (χ2n) is 13.4. The van der Waals surface area contributed by atoms with Gasteiger partial charge in [0.15, 0.2) is 0 Å². The highest BCUT2D eigenvalue weighted by molar-refractivity contribution is 5.33. The van der Waals surface area contributed by atoms with E-state index < -0.39 is 0 Å². The molecule has 1 rings (SSSR count). The summed E-state index contributed by atoms with van der Waals surface area (Å²) in [4.78, 5) is 0. The van der Waals surface area contributed by atoms with Gasteiger partial charge in [0, 0.05) is 56.9 Å². The monoisotopic (exact) mass is 627 g/mol. The van der Waals surface area contributed by atoms with Crippen molar-refractivity contribution in [3.8, 4) is 59.2 Å². The van der Waals surface area contributed by atoms with Crippen molar-refractivity contribution in [3.05, 3.63) is 35.9 Å². The predicted octanol–water partition coefficient (Wildman–Crippen LogP) is 13.6. The van der Waals surface area contributed by atoms with Gasteiger partial charge in [-0.3, -0.25) is 0 Å². The Labute approximate surface area is 291 Å². The van der Waals surface area contributed by atoms with Crippen LogP contribution in [0.2, 0.25) is 0 Å². The molecule has 0 nitrogen and oxygen atoms in total. The first-order chi connectivity index (χ1) is 21.9. The molecule has 0 spiro atoms. The maximum absolute atomic E-state index is 3.17. The third kappa shape index (κ3) is 60.3. The van der Waals surface area contributed by atoms with Crippen LogP contribution in [0.5, 0.6) is 0 Å². The molecular formula is C46H74. The van der Waals surface area contributed by atoms with E-state index in [9.17, 15) is 0 Å². The average Bonchev–Trinajstić information content (AvgIpc) is 3.00. The quantitative estimate of drug-likeness (QED) is 0.199. The highest BCUT2D eigenvalue weighted by Crippen LogP contribution is 2.00. The van der Waals surface area contributed by atoms with E-state index in [1.54, 1.807) is 0 Å². The molecule has 0 bridgehead atoms. The minimum atomic E-state index is 0.668. The molecule has 0 aromatic heterocycles. The van der Waals surface area contributed by atoms with E-state index in [2.05, 4.69) is 149 Å². The molecule has 0 heterocycles. The van der Waals surface area contributed by atoms with Gasteiger partial charge in [-0.15, -0.1) is 47.4 Å². The lowest BCUT2D eigenvalue weighted by Crippen LogP contribution is -1.81. The van der Waals surface area contributed by atoms with Crippen LogP contribution in [-0.2, 0) is 0 Å². The van der Waals surface area contributed by atoms with Gasteiger partial charge in [0.1, 0.15) is 0 Å². The summed E-state index contributed by atoms with van der Waals surface area (Å²) in [5.41, 5.74) is 1.11. The summed E-state index contributed by atoms with van der Waals surface area (Å²) in [5, 5.41) is 0. The summed E-state index contributed by atoms with van der Waals surface area (Å²) in [6, 6.07) is 10.1. The Morgan fingerprint density at radius 1 is 0.457 bits per heavy atom. The maximum atomic E-state index is 3.17. The van der Waals surface area contributed by atoms with Crippen LogP contribution in [0.4, 0.5) is 0 Å². The first-order valence-corrected chi connectivity index (χ1v) is 18.2. The Bertz CT molecular complexity index is 1050. The fourth-order valence-corrected chi connectivity index (χ4v) is 2.71. The molecule has 46 heavy (non-hydrogen) atoms. The van der Waals surface area contributed by atoms with E-state index >= 15 is 0 Å². The summed E-state index contributed by atoms with van der Waals surface area (Å²) < 4.78 is 0. The van der Waals surface area contributed by atoms with Crippen LogP contribution in [0.15, 0.2) is 30.3 Å². The molecule has 0 aliphatic carbocycles. The van der Waals surface area contributed by atoms with Crippen LogP contribution in [0.3, 0.4) is 0 Å². The van der Waals surface area contributed by atoms with Gasteiger partial charge in [0.25, 0.3) is 0 Å². The topological polar surface area (TPSA) is 0 Å². The number of benzene rings is 1. The number of hydrogen-bond donors (Lipinski definition) is 0. The summed E-state index contributed by atoms with van der Waals surface area (Å²) in [5.74, 6) is 34.4. The molecule has 0 atom stereocenters. The van der Waals surface area contributed by atoms with Gasteiger partial charge >= 0.3 is 0 Å². The minimum Gasteiger partial charge on any atom is -0.107 e. The standard InChI is InChI=1S/C12H14.C10H18.C9H16.C8H14.C7H12/c1-11(2)7-6-10-12-8-4-3-5-9-12;1-4-5-6-7-8-9-10(2)3;1-4-5-6-7-8-9(2)3;1-4-5-6-7-8(2)3;1-4-5-6-7(2)3/h3-5,8-9,11H,7H2,1-2H3;10H,4-6,9H2,1-3H3;9H,4-5,8H2,1-3H3;8H,4,7H2,1-3H3;7H,6H2,1-3H3. The minimum absolute atomic E-state index is 0.668. The van der Waals surface area contributed by atoms with E-state index in [1.807, 2.05) is 37.3 Å². The van der Waals surface area contributed by atoms with Gasteiger partial charge in [-0.1, -0.05) is 126 Å². The van der Waals surface area contributed by atoms with Crippen molar-refractivity contribution in [2.45, 2.75) is 168 Å². The van der Waals surface area contributed by atoms with Gasteiger partial charge in [0.2, 0.25) is 0 Å². The molecule has 0 radical (unpaired) electrons. The lowest BCUT2D eigenvalue weighted by molar-refractivity contribution is 0.675. The lowest BCUT2D eigenvalue weighted by atomic mass is 10.1. The third-order valence-electron chi connectivity index (χ3n) is 5.32. The van der Waals surface area contributed by atoms with Gasteiger partial charge in [-0.25, -0.2) is 0 Å². The van der Waals surface area contributed by atoms with E-state index in [0.29, 0.717) is 5.92 Å². The zero-order chi connectivity index (χ0) is 35.8. The van der Waals surface area contributed by atoms with Crippen LogP contribution >= 0.6 is 0 Å². The molecule has 258 valence electrons. The molecule has 1 aromatic carbocycles. The first-order valence-electron chi connectivity index (χ1n) is 18.2. The van der Waals surface area contributed by atoms with Crippen LogP contribution in [0.25, 0.3) is 0 Å². The fourth-order valence-electron chi connectivity index (χ4n) is 2.71. The summed E-state index contributed by atoms with van der Waals surface area (Å²) in [7, 11) is 0. The maximum Gasteiger partial charge on any atom is 0.0245 e. The first kappa shape index (κ1) is 49.9. The molecular weight excluding hydrogens is 553 g/mol. The van der Waals surface area contributed by atoms with Crippen molar-refractivity contribution >= 4 is 0 Å². The molecule has 1 aromatic rings. The molecule has 0 amide bonds. The van der Waals surface area contributed by atoms with Crippen LogP contribution in [0.1, 0.15) is 173 Å². The van der Waals surface area contributed by atoms with E-state index in [1.165, 1.54) is 19.3 Å². The molecule has 0 N–H and O–H groups in total. The van der Waals surface area contributed by atoms with E-state index in [4.69, 9.17) is 0 Å². The average molecular weight is 627 g/mol. The van der Waals surface area contributed by atoms with Crippen LogP contribution in [0, 0.1) is 88.8 Å². The molecule has 0 aliphatic rings. The summed E-state index contributed by atoms with van der Waals surface area (Å²) in [6.45, 7) is 30.2. The van der Waals surface area contributed by atoms with Crippen molar-refractivity contribution in [2.24, 2.45) is 29.6 Å². The zero-order valence-corrected chi connectivity index (χ0v) is 33.1. The second kappa shape index (κ2) is 42.0. The third-order valence-corrected chi connectivity index (χ3v) is 5.32. The van der Waals surface area contributed by atoms with Gasteiger partial charge in [0.05, 0.1) is 0 Å². The normalized spacial score (nSPS) is 8.85. The Morgan fingerprint density at radius 2 is 0.870 bits per heavy atom. The molecule has 0 saturated heterocycles. The van der Waals surface area contributed by atoms with Crippen molar-refractivity contribution in [1.82, 2.24) is 0 Å². The van der Waals surface area contributed by atoms with E-state index in [0.717, 1.165) is 80.6 Å². The van der Waals surface area contributed by atoms with Crippen LogP contribution < -0.4 is 0 Å². The van der Waals surface area contributed by atoms with Crippen molar-refractivity contribution in [1.29, 1.82) is 0 Å². The lowest BCUT2D eigenvalue weighted by Gasteiger charge is -1.93. The fraction of sp³-hybridized carbons (Fsp3) is 0.652. The summed E-state index contributed by atoms with van der Waals surface area (Å²) >= 11 is 0. The molecule has 0 unspecified atom stereocenters. The Hall–Kier alpha value is -2.98. The second-order valence-corrected chi connectivity index (χ2v) is 13.4. The molecule has 0 saturated carbocycles. The van der Waals surface area contributed by atoms with Gasteiger partial charge < -0.3 is 0 Å². The van der Waals surface area contributed by atoms with Crippen molar-refractivity contribution < 1.29 is 0 Å². The SMILES string of the molecule is CC#CCC(C)C.CC(C)CC#Cc1ccccc1.CCC#CCC(C)C.CCCC#CCC(C)C.CCCCC#CCC(C)C. The Balaban J connectivity index is -0.000000243. The zero-order valence-electron chi connectivity index (χ0n) is 33.1. The molecule has 0 heteroatoms. The summed E-state index contributed by atoms with van der Waals surface area (Å²) in [6.07, 6.45) is 12.0. The van der Waals surface area contributed by atoms with E-state index in [-0.39, 0.29) is 0 Å². The molecule has 0 fully saturated rings. The number of hydrogen-bond acceptors (Lipinski definition) is 0. The van der Waals surface area contributed by atoms with Crippen molar-refractivity contribution in [2.75, 3.05) is 0 Å². The largest absolute Gasteiger partial charge is 0.107 e. The number of unbranched alkanes of at least 4 members (excludes halogenated alkanes) is 3. The molecule has 0 aliphatic heterocycles. The highest BCUT2D eigenvalue weighted by Gasteiger charge is 1.88. The van der Waals surface area contributed by atoms with Gasteiger partial charge in [-0.05, 0) is 61.5 Å². The number of rotatable bonds is 8. The Morgan fingerprint density at radius 3 is 1.24 bits per heavy atom. The smallest absolute Gasteiger partial charge is 0.0245 e. The van der Waals surface area contributed by atoms with Gasteiger partial charge in [-0.2, -0.15) is 0 Å². The van der Waals surface area contributed by atoms with Crippen LogP contribution in [-0.4, -0.2) is 0 Å². The van der Waals surface area contributed by atoms with Crippen molar-refractivity contribution in [3.63, 3.8) is 0 Å². The predicted molar refractivity (Wildman–Crippen MR) is 212 cm³/mol. The Kier molecular flexibility index (Phi) is 45.6.